The van der Waals surface area contributed by atoms with Gasteiger partial charge < -0.3 is 5.32 Å². The topological polar surface area (TPSA) is 75.3 Å². The number of alkyl halides is 3. The largest absolute Gasteiger partial charge is 0.417 e. The summed E-state index contributed by atoms with van der Waals surface area (Å²) in [6.07, 6.45) is -4.57. The monoisotopic (exact) mass is 496 g/mol. The van der Waals surface area contributed by atoms with Gasteiger partial charge in [-0.25, -0.2) is 8.42 Å². The maximum Gasteiger partial charge on any atom is 0.417 e. The van der Waals surface area contributed by atoms with E-state index < -0.39 is 26.8 Å². The Hall–Kier alpha value is -3.04. The second-order valence-corrected chi connectivity index (χ2v) is 9.56. The number of hydrogen-bond acceptors (Lipinski definition) is 3. The zero-order valence-corrected chi connectivity index (χ0v) is 19.2. The van der Waals surface area contributed by atoms with Crippen molar-refractivity contribution in [2.45, 2.75) is 31.3 Å². The van der Waals surface area contributed by atoms with Crippen molar-refractivity contribution in [1.82, 2.24) is 0 Å². The molecule has 0 heterocycles. The number of sulfonamides is 1. The van der Waals surface area contributed by atoms with Crippen LogP contribution in [0.25, 0.3) is 0 Å². The minimum atomic E-state index is -4.73. The highest BCUT2D eigenvalue weighted by Gasteiger charge is 2.33. The SMILES string of the molecule is Cc1ccc(CC(=O)Nc2ccc(S(=O)(=O)Nc3ccc(Cl)c(C(F)(F)F)c3)cc2)cc1C. The molecule has 3 rings (SSSR count). The van der Waals surface area contributed by atoms with E-state index in [2.05, 4.69) is 10.0 Å². The molecule has 10 heteroatoms. The zero-order chi connectivity index (χ0) is 24.4. The summed E-state index contributed by atoms with van der Waals surface area (Å²) >= 11 is 5.56. The van der Waals surface area contributed by atoms with Crippen molar-refractivity contribution in [3.8, 4) is 0 Å². The van der Waals surface area contributed by atoms with Gasteiger partial charge in [0.15, 0.2) is 0 Å². The molecule has 0 aliphatic rings. The Balaban J connectivity index is 1.70. The maximum atomic E-state index is 13.0. The minimum Gasteiger partial charge on any atom is -0.326 e. The fourth-order valence-corrected chi connectivity index (χ4v) is 4.32. The Labute approximate surface area is 194 Å². The van der Waals surface area contributed by atoms with Gasteiger partial charge in [-0.1, -0.05) is 29.8 Å². The molecular formula is C23H20ClF3N2O3S. The first-order chi connectivity index (χ1) is 15.3. The minimum absolute atomic E-state index is 0.154. The van der Waals surface area contributed by atoms with Crippen molar-refractivity contribution in [1.29, 1.82) is 0 Å². The number of aryl methyl sites for hydroxylation is 2. The molecule has 0 saturated carbocycles. The van der Waals surface area contributed by atoms with Crippen LogP contribution in [0.2, 0.25) is 5.02 Å². The summed E-state index contributed by atoms with van der Waals surface area (Å²) in [4.78, 5) is 12.1. The summed E-state index contributed by atoms with van der Waals surface area (Å²) in [7, 11) is -4.16. The van der Waals surface area contributed by atoms with Gasteiger partial charge >= 0.3 is 6.18 Å². The molecule has 174 valence electrons. The lowest BCUT2D eigenvalue weighted by atomic mass is 10.0. The zero-order valence-electron chi connectivity index (χ0n) is 17.6. The number of hydrogen-bond donors (Lipinski definition) is 2. The first-order valence-electron chi connectivity index (χ1n) is 9.71. The second kappa shape index (κ2) is 9.44. The van der Waals surface area contributed by atoms with Crippen LogP contribution >= 0.6 is 11.6 Å². The number of amides is 1. The van der Waals surface area contributed by atoms with Crippen molar-refractivity contribution in [2.24, 2.45) is 0 Å². The molecule has 3 aromatic carbocycles. The van der Waals surface area contributed by atoms with Gasteiger partial charge in [0.05, 0.1) is 21.9 Å². The molecule has 0 atom stereocenters. The normalized spacial score (nSPS) is 11.8. The third-order valence-corrected chi connectivity index (χ3v) is 6.64. The molecule has 0 aromatic heterocycles. The smallest absolute Gasteiger partial charge is 0.326 e. The van der Waals surface area contributed by atoms with Crippen molar-refractivity contribution in [3.05, 3.63) is 87.9 Å². The third kappa shape index (κ3) is 6.27. The van der Waals surface area contributed by atoms with Crippen molar-refractivity contribution >= 4 is 38.9 Å². The number of rotatable bonds is 6. The van der Waals surface area contributed by atoms with Crippen LogP contribution in [0.15, 0.2) is 65.6 Å². The Morgan fingerprint density at radius 3 is 2.15 bits per heavy atom. The summed E-state index contributed by atoms with van der Waals surface area (Å²) in [6, 6.07) is 13.7. The number of benzene rings is 3. The van der Waals surface area contributed by atoms with Crippen molar-refractivity contribution in [3.63, 3.8) is 0 Å². The number of carbonyl (C=O) groups is 1. The van der Waals surface area contributed by atoms with E-state index in [4.69, 9.17) is 11.6 Å². The molecule has 0 saturated heterocycles. The first kappa shape index (κ1) is 24.6. The van der Waals surface area contributed by atoms with Crippen LogP contribution in [0.1, 0.15) is 22.3 Å². The average Bonchev–Trinajstić information content (AvgIpc) is 2.71. The molecule has 0 radical (unpaired) electrons. The number of nitrogens with one attached hydrogen (secondary N) is 2. The molecule has 0 fully saturated rings. The van der Waals surface area contributed by atoms with Crippen molar-refractivity contribution < 1.29 is 26.4 Å². The van der Waals surface area contributed by atoms with Crippen LogP contribution in [-0.2, 0) is 27.4 Å². The molecule has 2 N–H and O–H groups in total. The van der Waals surface area contributed by atoms with E-state index in [-0.39, 0.29) is 22.9 Å². The van der Waals surface area contributed by atoms with Crippen LogP contribution in [0.4, 0.5) is 24.5 Å². The van der Waals surface area contributed by atoms with E-state index in [0.717, 1.165) is 28.8 Å². The average molecular weight is 497 g/mol. The van der Waals surface area contributed by atoms with Crippen LogP contribution in [-0.4, -0.2) is 14.3 Å². The van der Waals surface area contributed by atoms with Gasteiger partial charge in [0.2, 0.25) is 5.91 Å². The lowest BCUT2D eigenvalue weighted by Crippen LogP contribution is -2.16. The van der Waals surface area contributed by atoms with Crippen LogP contribution in [0.3, 0.4) is 0 Å². The lowest BCUT2D eigenvalue weighted by molar-refractivity contribution is -0.137. The fraction of sp³-hybridized carbons (Fsp3) is 0.174. The van der Waals surface area contributed by atoms with Gasteiger partial charge in [0.1, 0.15) is 0 Å². The number of halogens is 4. The van der Waals surface area contributed by atoms with Gasteiger partial charge in [-0.2, -0.15) is 13.2 Å². The Kier molecular flexibility index (Phi) is 7.04. The Bertz CT molecular complexity index is 1290. The Morgan fingerprint density at radius 2 is 1.55 bits per heavy atom. The van der Waals surface area contributed by atoms with Crippen LogP contribution in [0, 0.1) is 13.8 Å². The molecule has 0 unspecified atom stereocenters. The predicted octanol–water partition coefficient (Wildman–Crippen LogP) is 5.96. The van der Waals surface area contributed by atoms with Gasteiger partial charge in [0.25, 0.3) is 10.0 Å². The molecule has 1 amide bonds. The second-order valence-electron chi connectivity index (χ2n) is 7.47. The van der Waals surface area contributed by atoms with E-state index in [1.165, 1.54) is 24.3 Å². The van der Waals surface area contributed by atoms with Crippen LogP contribution < -0.4 is 10.0 Å². The fourth-order valence-electron chi connectivity index (χ4n) is 3.04. The van der Waals surface area contributed by atoms with Gasteiger partial charge in [-0.15, -0.1) is 0 Å². The van der Waals surface area contributed by atoms with Crippen LogP contribution in [0.5, 0.6) is 0 Å². The molecule has 0 bridgehead atoms. The molecule has 33 heavy (non-hydrogen) atoms. The summed E-state index contributed by atoms with van der Waals surface area (Å²) in [5.74, 6) is -0.271. The summed E-state index contributed by atoms with van der Waals surface area (Å²) < 4.78 is 66.3. The first-order valence-corrected chi connectivity index (χ1v) is 11.6. The van der Waals surface area contributed by atoms with Gasteiger partial charge in [-0.05, 0) is 73.0 Å². The Morgan fingerprint density at radius 1 is 0.909 bits per heavy atom. The van der Waals surface area contributed by atoms with E-state index in [9.17, 15) is 26.4 Å². The molecule has 5 nitrogen and oxygen atoms in total. The predicted molar refractivity (Wildman–Crippen MR) is 122 cm³/mol. The quantitative estimate of drug-likeness (QED) is 0.442. The molecule has 0 aliphatic carbocycles. The van der Waals surface area contributed by atoms with E-state index >= 15 is 0 Å². The van der Waals surface area contributed by atoms with Crippen molar-refractivity contribution in [2.75, 3.05) is 10.0 Å². The highest BCUT2D eigenvalue weighted by molar-refractivity contribution is 7.92. The standard InChI is InChI=1S/C23H20ClF3N2O3S/c1-14-3-4-16(11-15(14)2)12-22(30)28-17-5-8-19(9-6-17)33(31,32)29-18-7-10-21(24)20(13-18)23(25,26)27/h3-11,13,29H,12H2,1-2H3,(H,28,30). The van der Waals surface area contributed by atoms with E-state index in [1.54, 1.807) is 0 Å². The summed E-state index contributed by atoms with van der Waals surface area (Å²) in [5, 5.41) is 2.15. The third-order valence-electron chi connectivity index (χ3n) is 4.91. The van der Waals surface area contributed by atoms with E-state index in [1.807, 2.05) is 32.0 Å². The van der Waals surface area contributed by atoms with Gasteiger partial charge in [-0.3, -0.25) is 9.52 Å². The molecular weight excluding hydrogens is 477 g/mol. The number of carbonyl (C=O) groups excluding carboxylic acids is 1. The molecule has 0 spiro atoms. The molecule has 0 aliphatic heterocycles. The highest BCUT2D eigenvalue weighted by Crippen LogP contribution is 2.36. The maximum absolute atomic E-state index is 13.0. The highest BCUT2D eigenvalue weighted by atomic mass is 35.5. The summed E-state index contributed by atoms with van der Waals surface area (Å²) in [5.41, 5.74) is 2.00. The lowest BCUT2D eigenvalue weighted by Gasteiger charge is -2.13. The molecule has 3 aromatic rings. The number of anilines is 2. The van der Waals surface area contributed by atoms with Gasteiger partial charge in [0, 0.05) is 11.4 Å². The summed E-state index contributed by atoms with van der Waals surface area (Å²) in [6.45, 7) is 3.93. The van der Waals surface area contributed by atoms with E-state index in [0.29, 0.717) is 11.8 Å².